The Morgan fingerprint density at radius 3 is 2.79 bits per heavy atom. The van der Waals surface area contributed by atoms with Gasteiger partial charge in [0.15, 0.2) is 0 Å². The molecule has 262 valence electrons. The number of hydrogen-bond donors (Lipinski definition) is 2. The van der Waals surface area contributed by atoms with Crippen LogP contribution in [0.2, 0.25) is 0 Å². The van der Waals surface area contributed by atoms with E-state index in [1.165, 1.54) is 6.07 Å². The smallest absolute Gasteiger partial charge is 0.255 e. The Balaban J connectivity index is 0.962. The second kappa shape index (κ2) is 14.0. The highest BCUT2D eigenvalue weighted by Crippen LogP contribution is 2.28. The van der Waals surface area contributed by atoms with Crippen LogP contribution in [-0.4, -0.2) is 61.3 Å². The van der Waals surface area contributed by atoms with E-state index < -0.39 is 5.82 Å². The van der Waals surface area contributed by atoms with Crippen molar-refractivity contribution in [3.63, 3.8) is 0 Å². The number of fused-ring (bicyclic) bond motifs is 2. The summed E-state index contributed by atoms with van der Waals surface area (Å²) in [5.74, 6) is 0.702. The van der Waals surface area contributed by atoms with Gasteiger partial charge in [0.2, 0.25) is 5.88 Å². The lowest BCUT2D eigenvalue weighted by Gasteiger charge is -2.29. The molecule has 5 heterocycles. The number of halogens is 1. The molecule has 8 rings (SSSR count). The number of H-pyrrole nitrogens is 1. The van der Waals surface area contributed by atoms with E-state index in [0.717, 1.165) is 89.4 Å². The second-order valence-corrected chi connectivity index (χ2v) is 13.4. The lowest BCUT2D eigenvalue weighted by Crippen LogP contribution is -2.33. The third-order valence-electron chi connectivity index (χ3n) is 9.84. The van der Waals surface area contributed by atoms with Gasteiger partial charge in [-0.15, -0.1) is 0 Å². The van der Waals surface area contributed by atoms with Crippen molar-refractivity contribution in [1.29, 1.82) is 5.26 Å². The fraction of sp³-hybridized carbons (Fsp3) is 0.275. The first-order valence-electron chi connectivity index (χ1n) is 17.4. The van der Waals surface area contributed by atoms with Gasteiger partial charge in [0.25, 0.3) is 5.91 Å². The minimum atomic E-state index is -0.476. The Labute approximate surface area is 299 Å². The molecule has 1 atom stereocenters. The van der Waals surface area contributed by atoms with Crippen molar-refractivity contribution < 1.29 is 18.7 Å². The second-order valence-electron chi connectivity index (χ2n) is 13.4. The summed E-state index contributed by atoms with van der Waals surface area (Å²) in [4.78, 5) is 25.5. The molecule has 52 heavy (non-hydrogen) atoms. The molecule has 11 nitrogen and oxygen atoms in total. The van der Waals surface area contributed by atoms with E-state index in [1.54, 1.807) is 18.2 Å². The van der Waals surface area contributed by atoms with Crippen molar-refractivity contribution in [1.82, 2.24) is 29.6 Å². The molecule has 3 aromatic heterocycles. The molecule has 2 N–H and O–H groups in total. The van der Waals surface area contributed by atoms with Crippen molar-refractivity contribution in [2.45, 2.75) is 52.5 Å². The number of nitrogens with zero attached hydrogens (tertiary/aromatic N) is 6. The van der Waals surface area contributed by atoms with Crippen molar-refractivity contribution in [3.05, 3.63) is 118 Å². The molecular formula is C40H37FN8O3. The highest BCUT2D eigenvalue weighted by Gasteiger charge is 2.24. The summed E-state index contributed by atoms with van der Waals surface area (Å²) in [6, 6.07) is 21.5. The molecule has 0 unspecified atom stereocenters. The van der Waals surface area contributed by atoms with Gasteiger partial charge in [-0.3, -0.25) is 14.8 Å². The molecule has 0 spiro atoms. The SMILES string of the molecule is Cc1[nH]nc2c(C)cc(C(=O)Nc3ccc4c(c3)nc(CN3CC=C(c5cccc(OCc6ccc(C#N)cc6F)n5)CC3)n4C[C@@H]3CCO3)cc12. The highest BCUT2D eigenvalue weighted by atomic mass is 19.1. The average molecular weight is 697 g/mol. The first-order chi connectivity index (χ1) is 25.3. The third kappa shape index (κ3) is 6.76. The largest absolute Gasteiger partial charge is 0.473 e. The number of rotatable bonds is 10. The zero-order valence-corrected chi connectivity index (χ0v) is 28.9. The van der Waals surface area contributed by atoms with Gasteiger partial charge < -0.3 is 19.4 Å². The summed E-state index contributed by atoms with van der Waals surface area (Å²) < 4.78 is 28.2. The zero-order valence-electron chi connectivity index (χ0n) is 28.9. The quantitative estimate of drug-likeness (QED) is 0.159. The molecule has 0 radical (unpaired) electrons. The Morgan fingerprint density at radius 2 is 2.02 bits per heavy atom. The van der Waals surface area contributed by atoms with Crippen LogP contribution in [0.1, 0.15) is 57.1 Å². The number of imidazole rings is 1. The van der Waals surface area contributed by atoms with E-state index in [0.29, 0.717) is 29.2 Å². The number of ether oxygens (including phenoxy) is 2. The number of aryl methyl sites for hydroxylation is 2. The normalized spacial score (nSPS) is 16.0. The maximum Gasteiger partial charge on any atom is 0.255 e. The van der Waals surface area contributed by atoms with Crippen LogP contribution < -0.4 is 10.1 Å². The number of hydrogen-bond acceptors (Lipinski definition) is 8. The van der Waals surface area contributed by atoms with E-state index in [1.807, 2.05) is 62.4 Å². The molecule has 1 saturated heterocycles. The predicted molar refractivity (Wildman–Crippen MR) is 195 cm³/mol. The van der Waals surface area contributed by atoms with Gasteiger partial charge >= 0.3 is 0 Å². The minimum absolute atomic E-state index is 0.0171. The minimum Gasteiger partial charge on any atom is -0.473 e. The molecule has 12 heteroatoms. The number of pyridine rings is 1. The number of benzene rings is 3. The van der Waals surface area contributed by atoms with E-state index >= 15 is 0 Å². The van der Waals surface area contributed by atoms with E-state index in [4.69, 9.17) is 24.7 Å². The van der Waals surface area contributed by atoms with Gasteiger partial charge in [-0.1, -0.05) is 18.2 Å². The van der Waals surface area contributed by atoms with Crippen LogP contribution in [0, 0.1) is 31.0 Å². The first-order valence-corrected chi connectivity index (χ1v) is 17.4. The summed E-state index contributed by atoms with van der Waals surface area (Å²) in [7, 11) is 0. The summed E-state index contributed by atoms with van der Waals surface area (Å²) in [6.07, 6.45) is 4.16. The molecule has 2 aliphatic rings. The number of amides is 1. The van der Waals surface area contributed by atoms with Crippen molar-refractivity contribution in [2.75, 3.05) is 25.0 Å². The van der Waals surface area contributed by atoms with E-state index in [-0.39, 0.29) is 24.2 Å². The van der Waals surface area contributed by atoms with Crippen molar-refractivity contribution in [2.24, 2.45) is 0 Å². The molecule has 0 aliphatic carbocycles. The van der Waals surface area contributed by atoms with Gasteiger partial charge in [0.05, 0.1) is 53.1 Å². The van der Waals surface area contributed by atoms with E-state index in [9.17, 15) is 9.18 Å². The molecule has 3 aromatic carbocycles. The third-order valence-corrected chi connectivity index (χ3v) is 9.84. The topological polar surface area (TPSA) is 134 Å². The van der Waals surface area contributed by atoms with Gasteiger partial charge in [-0.05, 0) is 86.4 Å². The molecule has 2 aliphatic heterocycles. The summed E-state index contributed by atoms with van der Waals surface area (Å²) in [5, 5.41) is 20.4. The zero-order chi connectivity index (χ0) is 35.8. The van der Waals surface area contributed by atoms with Gasteiger partial charge in [0.1, 0.15) is 18.2 Å². The van der Waals surface area contributed by atoms with Gasteiger partial charge in [-0.2, -0.15) is 10.4 Å². The van der Waals surface area contributed by atoms with Crippen LogP contribution in [0.4, 0.5) is 10.1 Å². The summed E-state index contributed by atoms with van der Waals surface area (Å²) in [5.41, 5.74) is 8.41. The molecule has 0 saturated carbocycles. The van der Waals surface area contributed by atoms with Crippen LogP contribution in [0.25, 0.3) is 27.5 Å². The predicted octanol–water partition coefficient (Wildman–Crippen LogP) is 6.84. The molecular weight excluding hydrogens is 659 g/mol. The molecule has 6 aromatic rings. The Morgan fingerprint density at radius 1 is 1.13 bits per heavy atom. The van der Waals surface area contributed by atoms with Crippen LogP contribution in [0.5, 0.6) is 5.88 Å². The summed E-state index contributed by atoms with van der Waals surface area (Å²) in [6.45, 7) is 7.62. The van der Waals surface area contributed by atoms with Gasteiger partial charge in [-0.25, -0.2) is 14.4 Å². The van der Waals surface area contributed by atoms with Crippen molar-refractivity contribution in [3.8, 4) is 11.9 Å². The molecule has 1 amide bonds. The first kappa shape index (κ1) is 33.3. The van der Waals surface area contributed by atoms with E-state index in [2.05, 4.69) is 31.1 Å². The average Bonchev–Trinajstić information content (AvgIpc) is 3.68. The number of anilines is 1. The number of carbonyl (C=O) groups is 1. The maximum atomic E-state index is 14.4. The number of nitriles is 1. The standard InChI is InChI=1S/C40H37FN8O3/c1-24-16-29(18-32-25(2)46-47-39(24)32)40(50)43-30-8-9-36-35(19-30)44-37(49(36)21-31-12-15-51-31)22-48-13-10-27(11-14-48)34-4-3-5-38(45-34)52-23-28-7-6-26(20-42)17-33(28)41/h3-10,16-19,31H,11-15,21-23H2,1-2H3,(H,43,50)(H,46,47)/t31-/m0/s1. The van der Waals surface area contributed by atoms with Gasteiger partial charge in [0, 0.05) is 53.7 Å². The summed E-state index contributed by atoms with van der Waals surface area (Å²) >= 11 is 0. The van der Waals surface area contributed by atoms with Crippen LogP contribution >= 0.6 is 0 Å². The fourth-order valence-corrected chi connectivity index (χ4v) is 6.81. The lowest BCUT2D eigenvalue weighted by molar-refractivity contribution is -0.0591. The fourth-order valence-electron chi connectivity index (χ4n) is 6.81. The van der Waals surface area contributed by atoms with Crippen LogP contribution in [0.3, 0.4) is 0 Å². The van der Waals surface area contributed by atoms with Crippen LogP contribution in [-0.2, 0) is 24.4 Å². The monoisotopic (exact) mass is 696 g/mol. The molecule has 0 bridgehead atoms. The number of carbonyl (C=O) groups excluding carboxylic acids is 1. The Kier molecular flexibility index (Phi) is 8.97. The highest BCUT2D eigenvalue weighted by molar-refractivity contribution is 6.07. The lowest BCUT2D eigenvalue weighted by atomic mass is 10.0. The Hall–Kier alpha value is -5.90. The number of aromatic nitrogens is 5. The van der Waals surface area contributed by atoms with Crippen LogP contribution in [0.15, 0.2) is 72.8 Å². The maximum absolute atomic E-state index is 14.4. The molecule has 1 fully saturated rings. The number of aromatic amines is 1. The van der Waals surface area contributed by atoms with Crippen molar-refractivity contribution >= 4 is 39.1 Å². The number of nitrogens with one attached hydrogen (secondary N) is 2. The Bertz CT molecular complexity index is 2400.